The normalized spacial score (nSPS) is 38.0. The highest BCUT2D eigenvalue weighted by Gasteiger charge is 2.72. The predicted molar refractivity (Wildman–Crippen MR) is 71.1 cm³/mol. The standard InChI is InChI=1S/C15H25NO2/c1-12(2,3)16-11(18)15-8-7-14(6,10(17)9-15)13(15,4)5/h7-9H2,1-6H3,(H,16,18). The van der Waals surface area contributed by atoms with Crippen LogP contribution in [0.25, 0.3) is 0 Å². The van der Waals surface area contributed by atoms with Crippen LogP contribution in [0.5, 0.6) is 0 Å². The smallest absolute Gasteiger partial charge is 0.227 e. The topological polar surface area (TPSA) is 46.2 Å². The average Bonchev–Trinajstić information content (AvgIpc) is 2.45. The molecule has 2 atom stereocenters. The molecule has 0 aromatic heterocycles. The van der Waals surface area contributed by atoms with E-state index in [1.54, 1.807) is 0 Å². The van der Waals surface area contributed by atoms with Crippen LogP contribution in [0.15, 0.2) is 0 Å². The molecule has 2 unspecified atom stereocenters. The Bertz CT molecular complexity index is 419. The minimum absolute atomic E-state index is 0.0644. The molecule has 3 nitrogen and oxygen atoms in total. The summed E-state index contributed by atoms with van der Waals surface area (Å²) >= 11 is 0. The van der Waals surface area contributed by atoms with Gasteiger partial charge in [0.15, 0.2) is 0 Å². The van der Waals surface area contributed by atoms with Gasteiger partial charge in [-0.3, -0.25) is 9.59 Å². The lowest BCUT2D eigenvalue weighted by Gasteiger charge is -2.40. The molecular formula is C15H25NO2. The van der Waals surface area contributed by atoms with Crippen molar-refractivity contribution in [3.8, 4) is 0 Å². The van der Waals surface area contributed by atoms with E-state index in [0.29, 0.717) is 6.42 Å². The fourth-order valence-electron chi connectivity index (χ4n) is 3.82. The quantitative estimate of drug-likeness (QED) is 0.779. The molecule has 2 bridgehead atoms. The number of hydrogen-bond donors (Lipinski definition) is 1. The monoisotopic (exact) mass is 251 g/mol. The molecular weight excluding hydrogens is 226 g/mol. The first-order valence-corrected chi connectivity index (χ1v) is 6.82. The van der Waals surface area contributed by atoms with Crippen LogP contribution in [0.2, 0.25) is 0 Å². The first-order valence-electron chi connectivity index (χ1n) is 6.82. The lowest BCUT2D eigenvalue weighted by Crippen LogP contribution is -2.52. The fourth-order valence-corrected chi connectivity index (χ4v) is 3.82. The molecule has 2 rings (SSSR count). The largest absolute Gasteiger partial charge is 0.351 e. The number of ketones is 1. The Morgan fingerprint density at radius 3 is 2.06 bits per heavy atom. The number of carbonyl (C=O) groups excluding carboxylic acids is 2. The maximum atomic E-state index is 12.7. The van der Waals surface area contributed by atoms with Crippen LogP contribution in [0.3, 0.4) is 0 Å². The zero-order chi connectivity index (χ0) is 14.0. The molecule has 0 heterocycles. The summed E-state index contributed by atoms with van der Waals surface area (Å²) in [5.74, 6) is 0.331. The van der Waals surface area contributed by atoms with Gasteiger partial charge in [-0.25, -0.2) is 0 Å². The molecule has 2 aliphatic carbocycles. The lowest BCUT2D eigenvalue weighted by atomic mass is 9.64. The Balaban J connectivity index is 2.39. The highest BCUT2D eigenvalue weighted by atomic mass is 16.2. The molecule has 0 radical (unpaired) electrons. The summed E-state index contributed by atoms with van der Waals surface area (Å²) in [6.07, 6.45) is 2.10. The van der Waals surface area contributed by atoms with E-state index in [2.05, 4.69) is 19.2 Å². The summed E-state index contributed by atoms with van der Waals surface area (Å²) < 4.78 is 0. The summed E-state index contributed by atoms with van der Waals surface area (Å²) in [6.45, 7) is 12.2. The van der Waals surface area contributed by atoms with Gasteiger partial charge < -0.3 is 5.32 Å². The number of Topliss-reactive ketones (excluding diaryl/α,β-unsaturated/α-hetero) is 1. The van der Waals surface area contributed by atoms with E-state index in [9.17, 15) is 9.59 Å². The Morgan fingerprint density at radius 2 is 1.72 bits per heavy atom. The van der Waals surface area contributed by atoms with E-state index in [4.69, 9.17) is 0 Å². The highest BCUT2D eigenvalue weighted by molar-refractivity contribution is 5.99. The van der Waals surface area contributed by atoms with Gasteiger partial charge in [0.05, 0.1) is 5.41 Å². The second-order valence-corrected chi connectivity index (χ2v) is 7.84. The van der Waals surface area contributed by atoms with Crippen LogP contribution >= 0.6 is 0 Å². The third-order valence-electron chi connectivity index (χ3n) is 5.63. The summed E-state index contributed by atoms with van der Waals surface area (Å²) in [7, 11) is 0. The van der Waals surface area contributed by atoms with E-state index in [1.807, 2.05) is 27.7 Å². The number of carbonyl (C=O) groups is 2. The summed E-state index contributed by atoms with van der Waals surface area (Å²) in [6, 6.07) is 0. The minimum Gasteiger partial charge on any atom is -0.351 e. The first-order chi connectivity index (χ1) is 7.96. The van der Waals surface area contributed by atoms with E-state index < -0.39 is 5.41 Å². The van der Waals surface area contributed by atoms with Crippen molar-refractivity contribution in [1.29, 1.82) is 0 Å². The molecule has 18 heavy (non-hydrogen) atoms. The van der Waals surface area contributed by atoms with E-state index in [-0.39, 0.29) is 28.1 Å². The molecule has 0 aromatic rings. The van der Waals surface area contributed by atoms with E-state index in [0.717, 1.165) is 12.8 Å². The number of amides is 1. The van der Waals surface area contributed by atoms with Gasteiger partial charge in [0.1, 0.15) is 5.78 Å². The second kappa shape index (κ2) is 3.37. The predicted octanol–water partition coefficient (Wildman–Crippen LogP) is 2.69. The van der Waals surface area contributed by atoms with Crippen LogP contribution in [0, 0.1) is 16.2 Å². The minimum atomic E-state index is -0.494. The average molecular weight is 251 g/mol. The molecule has 0 aromatic carbocycles. The first kappa shape index (κ1) is 13.6. The molecule has 0 spiro atoms. The zero-order valence-corrected chi connectivity index (χ0v) is 12.4. The molecule has 0 aliphatic heterocycles. The van der Waals surface area contributed by atoms with Crippen molar-refractivity contribution < 1.29 is 9.59 Å². The van der Waals surface area contributed by atoms with Crippen molar-refractivity contribution in [3.63, 3.8) is 0 Å². The van der Waals surface area contributed by atoms with Gasteiger partial charge in [-0.2, -0.15) is 0 Å². The molecule has 1 N–H and O–H groups in total. The Kier molecular flexibility index (Phi) is 2.54. The second-order valence-electron chi connectivity index (χ2n) is 7.84. The summed E-state index contributed by atoms with van der Waals surface area (Å²) in [5.41, 5.74) is -1.30. The molecule has 3 heteroatoms. The van der Waals surface area contributed by atoms with Gasteiger partial charge in [0.2, 0.25) is 5.91 Å². The zero-order valence-electron chi connectivity index (χ0n) is 12.4. The van der Waals surface area contributed by atoms with Gasteiger partial charge in [-0.15, -0.1) is 0 Å². The maximum Gasteiger partial charge on any atom is 0.227 e. The molecule has 2 saturated carbocycles. The van der Waals surface area contributed by atoms with E-state index >= 15 is 0 Å². The van der Waals surface area contributed by atoms with Crippen molar-refractivity contribution in [1.82, 2.24) is 5.32 Å². The van der Waals surface area contributed by atoms with Gasteiger partial charge in [-0.05, 0) is 39.0 Å². The van der Waals surface area contributed by atoms with Gasteiger partial charge in [-0.1, -0.05) is 20.8 Å². The van der Waals surface area contributed by atoms with Crippen molar-refractivity contribution in [2.24, 2.45) is 16.2 Å². The molecule has 102 valence electrons. The number of rotatable bonds is 1. The highest BCUT2D eigenvalue weighted by Crippen LogP contribution is 2.70. The number of nitrogens with one attached hydrogen (secondary N) is 1. The summed E-state index contributed by atoms with van der Waals surface area (Å²) in [5, 5.41) is 3.08. The summed E-state index contributed by atoms with van der Waals surface area (Å²) in [4.78, 5) is 24.9. The van der Waals surface area contributed by atoms with E-state index in [1.165, 1.54) is 0 Å². The Hall–Kier alpha value is -0.860. The lowest BCUT2D eigenvalue weighted by molar-refractivity contribution is -0.138. The maximum absolute atomic E-state index is 12.7. The van der Waals surface area contributed by atoms with Crippen molar-refractivity contribution >= 4 is 11.7 Å². The number of hydrogen-bond acceptors (Lipinski definition) is 2. The third kappa shape index (κ3) is 1.42. The van der Waals surface area contributed by atoms with Crippen LogP contribution in [0.4, 0.5) is 0 Å². The fraction of sp³-hybridized carbons (Fsp3) is 0.867. The third-order valence-corrected chi connectivity index (χ3v) is 5.63. The molecule has 2 aliphatic rings. The van der Waals surface area contributed by atoms with Crippen LogP contribution in [-0.2, 0) is 9.59 Å². The van der Waals surface area contributed by atoms with Crippen molar-refractivity contribution in [2.45, 2.75) is 66.3 Å². The number of fused-ring (bicyclic) bond motifs is 2. The SMILES string of the molecule is CC(C)(C)NC(=O)C12CCC(C)(C(=O)C1)C2(C)C. The van der Waals surface area contributed by atoms with Crippen molar-refractivity contribution in [3.05, 3.63) is 0 Å². The molecule has 2 fully saturated rings. The van der Waals surface area contributed by atoms with Crippen LogP contribution in [0.1, 0.15) is 60.8 Å². The van der Waals surface area contributed by atoms with Crippen molar-refractivity contribution in [2.75, 3.05) is 0 Å². The van der Waals surface area contributed by atoms with Crippen LogP contribution in [-0.4, -0.2) is 17.2 Å². The van der Waals surface area contributed by atoms with Gasteiger partial charge in [0, 0.05) is 17.4 Å². The van der Waals surface area contributed by atoms with Gasteiger partial charge in [0.25, 0.3) is 0 Å². The Labute approximate surface area is 110 Å². The van der Waals surface area contributed by atoms with Crippen LogP contribution < -0.4 is 5.32 Å². The molecule has 0 saturated heterocycles. The molecule has 1 amide bonds. The van der Waals surface area contributed by atoms with Gasteiger partial charge >= 0.3 is 0 Å². The Morgan fingerprint density at radius 1 is 1.17 bits per heavy atom.